The number of nitrogens with one attached hydrogen (secondary N) is 1. The summed E-state index contributed by atoms with van der Waals surface area (Å²) < 4.78 is 43.6. The number of sulfonamides is 1. The van der Waals surface area contributed by atoms with E-state index in [1.165, 1.54) is 32.4 Å². The fraction of sp³-hybridized carbons (Fsp3) is 0.438. The third-order valence-corrected chi connectivity index (χ3v) is 5.12. The van der Waals surface area contributed by atoms with Crippen LogP contribution in [-0.2, 0) is 19.6 Å². The minimum atomic E-state index is -3.92. The van der Waals surface area contributed by atoms with Crippen molar-refractivity contribution in [1.29, 1.82) is 0 Å². The smallest absolute Gasteiger partial charge is 0.244 e. The first-order valence-electron chi connectivity index (χ1n) is 7.63. The van der Waals surface area contributed by atoms with Crippen molar-refractivity contribution in [1.82, 2.24) is 4.72 Å². The molecule has 0 bridgehead atoms. The van der Waals surface area contributed by atoms with E-state index in [1.54, 1.807) is 0 Å². The second-order valence-corrected chi connectivity index (χ2v) is 7.13. The van der Waals surface area contributed by atoms with Gasteiger partial charge in [-0.3, -0.25) is 0 Å². The van der Waals surface area contributed by atoms with Crippen LogP contribution in [0.2, 0.25) is 0 Å². The van der Waals surface area contributed by atoms with Gasteiger partial charge in [0.05, 0.1) is 26.3 Å². The van der Waals surface area contributed by atoms with E-state index in [1.807, 2.05) is 0 Å². The Bertz CT molecular complexity index is 752. The maximum atomic E-state index is 12.7. The van der Waals surface area contributed by atoms with Crippen LogP contribution < -0.4 is 19.3 Å². The van der Waals surface area contributed by atoms with Gasteiger partial charge in [-0.1, -0.05) is 6.08 Å². The van der Waals surface area contributed by atoms with Crippen molar-refractivity contribution < 1.29 is 32.5 Å². The zero-order chi connectivity index (χ0) is 18.4. The van der Waals surface area contributed by atoms with E-state index in [0.29, 0.717) is 12.2 Å². The number of carbonyl (C=O) groups is 1. The van der Waals surface area contributed by atoms with Crippen LogP contribution >= 0.6 is 0 Å². The first-order valence-corrected chi connectivity index (χ1v) is 9.12. The number of aliphatic carboxylic acids is 1. The Hall–Kier alpha value is -2.10. The topological polar surface area (TPSA) is 114 Å². The lowest BCUT2D eigenvalue weighted by molar-refractivity contribution is -0.297. The molecule has 0 radical (unpaired) electrons. The van der Waals surface area contributed by atoms with Gasteiger partial charge in [0.2, 0.25) is 10.0 Å². The molecule has 1 aliphatic heterocycles. The zero-order valence-corrected chi connectivity index (χ0v) is 14.8. The number of carboxylic acids is 1. The molecule has 0 amide bonds. The maximum absolute atomic E-state index is 12.7. The lowest BCUT2D eigenvalue weighted by Crippen LogP contribution is -2.32. The van der Waals surface area contributed by atoms with Crippen LogP contribution in [0.5, 0.6) is 11.5 Å². The molecule has 0 saturated carbocycles. The molecule has 0 aromatic heterocycles. The van der Waals surface area contributed by atoms with Crippen LogP contribution in [-0.4, -0.2) is 47.9 Å². The molecule has 0 unspecified atom stereocenters. The van der Waals surface area contributed by atoms with Crippen LogP contribution in [0, 0.1) is 0 Å². The molecular formula is C16H20NO7S-. The highest BCUT2D eigenvalue weighted by Crippen LogP contribution is 2.36. The summed E-state index contributed by atoms with van der Waals surface area (Å²) in [4.78, 5) is 10.4. The normalized spacial score (nSPS) is 17.8. The molecule has 8 nitrogen and oxygen atoms in total. The van der Waals surface area contributed by atoms with Gasteiger partial charge in [-0.25, -0.2) is 13.1 Å². The predicted molar refractivity (Wildman–Crippen MR) is 87.7 cm³/mol. The third-order valence-electron chi connectivity index (χ3n) is 3.69. The predicted octanol–water partition coefficient (Wildman–Crippen LogP) is -0.0758. The maximum Gasteiger partial charge on any atom is 0.244 e. The van der Waals surface area contributed by atoms with E-state index in [0.717, 1.165) is 18.9 Å². The standard InChI is InChI=1S/C16H21NO7S/c1-22-13-8-11(5-6-15(18)19)9-14(16(13)23-2)25(20,21)17-10-12-4-3-7-24-12/h5-6,8-9,12,17H,3-4,7,10H2,1-2H3,(H,18,19)/p-1/b6-5+/t12-/m0/s1. The Labute approximate surface area is 146 Å². The van der Waals surface area contributed by atoms with E-state index in [4.69, 9.17) is 14.2 Å². The molecule has 9 heteroatoms. The minimum absolute atomic E-state index is 0.0351. The molecule has 1 heterocycles. The van der Waals surface area contributed by atoms with Gasteiger partial charge in [0.15, 0.2) is 11.5 Å². The quantitative estimate of drug-likeness (QED) is 0.637. The van der Waals surface area contributed by atoms with Crippen molar-refractivity contribution in [3.63, 3.8) is 0 Å². The van der Waals surface area contributed by atoms with Crippen molar-refractivity contribution in [3.8, 4) is 11.5 Å². The zero-order valence-electron chi connectivity index (χ0n) is 14.0. The highest BCUT2D eigenvalue weighted by atomic mass is 32.2. The average Bonchev–Trinajstić information content (AvgIpc) is 3.10. The molecule has 1 atom stereocenters. The fourth-order valence-corrected chi connectivity index (χ4v) is 3.78. The summed E-state index contributed by atoms with van der Waals surface area (Å²) >= 11 is 0. The van der Waals surface area contributed by atoms with E-state index in [2.05, 4.69) is 4.72 Å². The molecule has 0 aliphatic carbocycles. The van der Waals surface area contributed by atoms with Gasteiger partial charge in [0.1, 0.15) is 4.90 Å². The molecule has 1 aliphatic rings. The van der Waals surface area contributed by atoms with Crippen molar-refractivity contribution in [3.05, 3.63) is 23.8 Å². The van der Waals surface area contributed by atoms with Crippen LogP contribution in [0.25, 0.3) is 6.08 Å². The first-order chi connectivity index (χ1) is 11.9. The first kappa shape index (κ1) is 19.2. The molecule has 1 aromatic carbocycles. The highest BCUT2D eigenvalue weighted by Gasteiger charge is 2.25. The Morgan fingerprint density at radius 3 is 2.72 bits per heavy atom. The summed E-state index contributed by atoms with van der Waals surface area (Å²) in [7, 11) is -1.23. The van der Waals surface area contributed by atoms with Crippen molar-refractivity contribution in [2.75, 3.05) is 27.4 Å². The molecule has 1 aromatic rings. The lowest BCUT2D eigenvalue weighted by atomic mass is 10.2. The fourth-order valence-electron chi connectivity index (χ4n) is 2.50. The third kappa shape index (κ3) is 4.94. The van der Waals surface area contributed by atoms with Crippen molar-refractivity contribution in [2.24, 2.45) is 0 Å². The number of carbonyl (C=O) groups excluding carboxylic acids is 1. The van der Waals surface area contributed by atoms with Gasteiger partial charge in [-0.2, -0.15) is 0 Å². The minimum Gasteiger partial charge on any atom is -0.545 e. The van der Waals surface area contributed by atoms with E-state index in [-0.39, 0.29) is 29.0 Å². The molecule has 0 spiro atoms. The number of carboxylic acid groups (broad SMARTS) is 1. The molecule has 25 heavy (non-hydrogen) atoms. The number of hydrogen-bond acceptors (Lipinski definition) is 7. The molecule has 1 saturated heterocycles. The van der Waals surface area contributed by atoms with Gasteiger partial charge >= 0.3 is 0 Å². The summed E-state index contributed by atoms with van der Waals surface area (Å²) in [6.07, 6.45) is 3.54. The van der Waals surface area contributed by atoms with Gasteiger partial charge in [0.25, 0.3) is 0 Å². The number of rotatable bonds is 8. The second kappa shape index (κ2) is 8.32. The van der Waals surface area contributed by atoms with Gasteiger partial charge in [-0.05, 0) is 36.6 Å². The SMILES string of the molecule is COc1cc(/C=C/C(=O)[O-])cc(S(=O)(=O)NC[C@@H]2CCCO2)c1OC. The summed E-state index contributed by atoms with van der Waals surface area (Å²) in [5, 5.41) is 10.6. The lowest BCUT2D eigenvalue weighted by Gasteiger charge is -2.16. The largest absolute Gasteiger partial charge is 0.545 e. The Morgan fingerprint density at radius 1 is 1.40 bits per heavy atom. The molecule has 138 valence electrons. The molecular weight excluding hydrogens is 350 g/mol. The van der Waals surface area contributed by atoms with Crippen LogP contribution in [0.1, 0.15) is 18.4 Å². The van der Waals surface area contributed by atoms with Crippen LogP contribution in [0.4, 0.5) is 0 Å². The van der Waals surface area contributed by atoms with Gasteiger partial charge in [-0.15, -0.1) is 0 Å². The van der Waals surface area contributed by atoms with Crippen LogP contribution in [0.3, 0.4) is 0 Å². The summed E-state index contributed by atoms with van der Waals surface area (Å²) in [5.41, 5.74) is 0.319. The number of ether oxygens (including phenoxy) is 3. The van der Waals surface area contributed by atoms with E-state index >= 15 is 0 Å². The number of methoxy groups -OCH3 is 2. The van der Waals surface area contributed by atoms with E-state index in [9.17, 15) is 18.3 Å². The molecule has 1 fully saturated rings. The van der Waals surface area contributed by atoms with Gasteiger partial charge < -0.3 is 24.1 Å². The second-order valence-electron chi connectivity index (χ2n) is 5.39. The molecule has 1 N–H and O–H groups in total. The summed E-state index contributed by atoms with van der Waals surface area (Å²) in [6, 6.07) is 2.77. The Kier molecular flexibility index (Phi) is 6.40. The van der Waals surface area contributed by atoms with Crippen molar-refractivity contribution in [2.45, 2.75) is 23.8 Å². The monoisotopic (exact) mass is 370 g/mol. The number of hydrogen-bond donors (Lipinski definition) is 1. The van der Waals surface area contributed by atoms with Crippen LogP contribution in [0.15, 0.2) is 23.1 Å². The van der Waals surface area contributed by atoms with E-state index < -0.39 is 16.0 Å². The average molecular weight is 370 g/mol. The number of benzene rings is 1. The Balaban J connectivity index is 2.37. The highest BCUT2D eigenvalue weighted by molar-refractivity contribution is 7.89. The van der Waals surface area contributed by atoms with Crippen molar-refractivity contribution >= 4 is 22.1 Å². The van der Waals surface area contributed by atoms with Gasteiger partial charge in [0, 0.05) is 13.2 Å². The summed E-state index contributed by atoms with van der Waals surface area (Å²) in [6.45, 7) is 0.764. The Morgan fingerprint density at radius 2 is 2.16 bits per heavy atom. The molecule has 2 rings (SSSR count). The summed E-state index contributed by atoms with van der Waals surface area (Å²) in [5.74, 6) is -1.19.